The first-order valence-corrected chi connectivity index (χ1v) is 13.7. The topological polar surface area (TPSA) is 3.01 Å². The molecule has 0 saturated heterocycles. The number of rotatable bonds is 10. The van der Waals surface area contributed by atoms with Gasteiger partial charge < -0.3 is 0 Å². The van der Waals surface area contributed by atoms with Gasteiger partial charge in [-0.25, -0.2) is 0 Å². The minimum Gasteiger partial charge on any atom is -0.251 e. The van der Waals surface area contributed by atoms with Gasteiger partial charge in [0.05, 0.1) is 6.42 Å². The Labute approximate surface area is 231 Å². The average Bonchev–Trinajstić information content (AvgIpc) is 2.93. The molecule has 0 N–H and O–H groups in total. The van der Waals surface area contributed by atoms with Crippen LogP contribution in [0.4, 0.5) is 57.1 Å². The van der Waals surface area contributed by atoms with Gasteiger partial charge in [0, 0.05) is 15.9 Å². The summed E-state index contributed by atoms with van der Waals surface area (Å²) in [7, 11) is -2.06. The summed E-state index contributed by atoms with van der Waals surface area (Å²) in [5, 5.41) is 1.46. The molecule has 0 aliphatic carbocycles. The summed E-state index contributed by atoms with van der Waals surface area (Å²) >= 11 is 0. The van der Waals surface area contributed by atoms with Crippen LogP contribution >= 0.6 is 7.05 Å². The second-order valence-corrected chi connectivity index (χ2v) is 12.8. The third-order valence-corrected chi connectivity index (χ3v) is 11.0. The van der Waals surface area contributed by atoms with Crippen molar-refractivity contribution < 1.29 is 61.4 Å². The van der Waals surface area contributed by atoms with Crippen molar-refractivity contribution in [2.24, 2.45) is 0 Å². The Morgan fingerprint density at radius 2 is 0.786 bits per heavy atom. The van der Waals surface area contributed by atoms with Gasteiger partial charge in [-0.3, -0.25) is 4.33 Å². The van der Waals surface area contributed by atoms with Gasteiger partial charge in [-0.15, -0.1) is 0 Å². The maximum absolute atomic E-state index is 14.8. The molecule has 0 spiro atoms. The van der Waals surface area contributed by atoms with Crippen LogP contribution in [-0.4, -0.2) is 53.7 Å². The van der Waals surface area contributed by atoms with Crippen LogP contribution in [0.1, 0.15) is 6.42 Å². The molecule has 15 heteroatoms. The summed E-state index contributed by atoms with van der Waals surface area (Å²) in [4.78, 5) is 0. The first kappa shape index (κ1) is 33.5. The van der Waals surface area contributed by atoms with E-state index in [4.69, 9.17) is 0 Å². The van der Waals surface area contributed by atoms with E-state index in [0.717, 1.165) is 4.33 Å². The predicted molar refractivity (Wildman–Crippen MR) is 132 cm³/mol. The van der Waals surface area contributed by atoms with Crippen molar-refractivity contribution in [2.45, 2.75) is 42.2 Å². The van der Waals surface area contributed by atoms with E-state index in [1.807, 2.05) is 0 Å². The maximum atomic E-state index is 14.8. The molecule has 0 aliphatic heterocycles. The molecule has 3 aromatic rings. The van der Waals surface area contributed by atoms with Gasteiger partial charge in [-0.05, 0) is 36.4 Å². The minimum atomic E-state index is -7.92. The summed E-state index contributed by atoms with van der Waals surface area (Å²) in [5.74, 6) is -37.0. The van der Waals surface area contributed by atoms with Crippen LogP contribution in [0.25, 0.3) is 0 Å². The van der Waals surface area contributed by atoms with Gasteiger partial charge in [0.2, 0.25) is 0 Å². The van der Waals surface area contributed by atoms with Gasteiger partial charge >= 0.3 is 35.8 Å². The van der Waals surface area contributed by atoms with Crippen molar-refractivity contribution in [3.8, 4) is 0 Å². The Balaban J connectivity index is 2.19. The molecule has 3 aromatic carbocycles. The molecule has 0 amide bonds. The van der Waals surface area contributed by atoms with Crippen LogP contribution in [0.3, 0.4) is 0 Å². The summed E-state index contributed by atoms with van der Waals surface area (Å²) in [6.45, 7) is -1.20. The average molecular weight is 638 g/mol. The van der Waals surface area contributed by atoms with E-state index in [1.165, 1.54) is 7.05 Å². The SMILES string of the molecule is C[N+](CCC(F)(F)C(F)(F)C(F)(F)C(F)(F)C(F)(F)C(F)(F)F)=P(c1ccccc1)(c1ccccc1)c1ccccc1. The van der Waals surface area contributed by atoms with E-state index < -0.39 is 55.8 Å². The Bertz CT molecular complexity index is 1300. The molecule has 0 bridgehead atoms. The Morgan fingerprint density at radius 3 is 1.10 bits per heavy atom. The molecular formula is C27H22F13NP+. The lowest BCUT2D eigenvalue weighted by molar-refractivity contribution is -0.487. The summed E-state index contributed by atoms with van der Waals surface area (Å²) in [5.41, 5.74) is 0. The zero-order chi connectivity index (χ0) is 31.8. The fourth-order valence-electron chi connectivity index (χ4n) is 4.38. The number of benzene rings is 3. The number of nitrogens with zero attached hydrogens (tertiary/aromatic N) is 1. The lowest BCUT2D eigenvalue weighted by Gasteiger charge is -2.39. The first-order chi connectivity index (χ1) is 19.2. The summed E-state index contributed by atoms with van der Waals surface area (Å²) < 4.78 is 179. The molecule has 0 aromatic heterocycles. The fourth-order valence-corrected chi connectivity index (χ4v) is 8.67. The highest BCUT2D eigenvalue weighted by molar-refractivity contribution is 7.85. The van der Waals surface area contributed by atoms with E-state index in [1.54, 1.807) is 91.0 Å². The number of halogens is 13. The van der Waals surface area contributed by atoms with Gasteiger partial charge in [-0.1, -0.05) is 54.6 Å². The molecule has 1 nitrogen and oxygen atoms in total. The fraction of sp³-hybridized carbons (Fsp3) is 0.333. The first-order valence-electron chi connectivity index (χ1n) is 11.9. The number of alkyl halides is 13. The standard InChI is InChI=1S/C27H22F13NP/c1-41(18-17-22(28,29)23(30,31)24(32,33)25(34,35)26(36,37)27(38,39)40)42(19-11-5-2-6-12-19,20-13-7-3-8-14-20)21-15-9-4-10-16-21/h2-16H,17-18H2,1H3/q+1. The van der Waals surface area contributed by atoms with Gasteiger partial charge in [0.1, 0.15) is 13.6 Å². The van der Waals surface area contributed by atoms with Crippen LogP contribution in [0, 0.1) is 0 Å². The Hall–Kier alpha value is -3.02. The molecule has 42 heavy (non-hydrogen) atoms. The summed E-state index contributed by atoms with van der Waals surface area (Å²) in [6.07, 6.45) is -9.76. The maximum Gasteiger partial charge on any atom is 0.460 e. The van der Waals surface area contributed by atoms with Crippen LogP contribution in [0.5, 0.6) is 0 Å². The highest BCUT2D eigenvalue weighted by Crippen LogP contribution is 2.60. The van der Waals surface area contributed by atoms with Gasteiger partial charge in [0.25, 0.3) is 0 Å². The molecule has 3 rings (SSSR count). The van der Waals surface area contributed by atoms with Crippen molar-refractivity contribution in [2.75, 3.05) is 13.6 Å². The van der Waals surface area contributed by atoms with Crippen LogP contribution in [0.15, 0.2) is 91.0 Å². The minimum absolute atomic E-state index is 0.488. The molecule has 230 valence electrons. The quantitative estimate of drug-likeness (QED) is 0.157. The molecule has 0 heterocycles. The second-order valence-electron chi connectivity index (χ2n) is 9.27. The summed E-state index contributed by atoms with van der Waals surface area (Å²) in [6, 6.07) is 24.1. The molecular weight excluding hydrogens is 616 g/mol. The largest absolute Gasteiger partial charge is 0.460 e. The molecule has 0 saturated carbocycles. The molecule has 0 unspecified atom stereocenters. The van der Waals surface area contributed by atoms with Crippen molar-refractivity contribution in [1.82, 2.24) is 0 Å². The van der Waals surface area contributed by atoms with E-state index >= 15 is 0 Å². The molecule has 0 radical (unpaired) electrons. The highest BCUT2D eigenvalue weighted by Gasteiger charge is 2.90. The highest BCUT2D eigenvalue weighted by atomic mass is 31.2. The van der Waals surface area contributed by atoms with Crippen molar-refractivity contribution >= 4 is 23.0 Å². The third-order valence-electron chi connectivity index (χ3n) is 6.65. The Morgan fingerprint density at radius 1 is 0.476 bits per heavy atom. The van der Waals surface area contributed by atoms with Gasteiger partial charge in [-0.2, -0.15) is 57.1 Å². The number of hydrogen-bond donors (Lipinski definition) is 0. The van der Waals surface area contributed by atoms with Crippen molar-refractivity contribution in [3.05, 3.63) is 91.0 Å². The molecule has 0 atom stereocenters. The molecule has 0 fully saturated rings. The van der Waals surface area contributed by atoms with Gasteiger partial charge in [0.15, 0.2) is 7.05 Å². The lowest BCUT2D eigenvalue weighted by Crippen LogP contribution is -2.70. The van der Waals surface area contributed by atoms with E-state index in [-0.39, 0.29) is 0 Å². The Kier molecular flexibility index (Phi) is 8.96. The monoisotopic (exact) mass is 638 g/mol. The second kappa shape index (κ2) is 11.2. The number of hydrogen-bond acceptors (Lipinski definition) is 0. The zero-order valence-corrected chi connectivity index (χ0v) is 22.3. The normalized spacial score (nSPS) is 14.1. The van der Waals surface area contributed by atoms with Crippen LogP contribution in [-0.2, 0) is 0 Å². The van der Waals surface area contributed by atoms with Crippen LogP contribution < -0.4 is 15.9 Å². The van der Waals surface area contributed by atoms with E-state index in [2.05, 4.69) is 0 Å². The van der Waals surface area contributed by atoms with E-state index in [9.17, 15) is 57.1 Å². The van der Waals surface area contributed by atoms with Crippen molar-refractivity contribution in [3.63, 3.8) is 0 Å². The van der Waals surface area contributed by atoms with E-state index in [0.29, 0.717) is 15.9 Å². The van der Waals surface area contributed by atoms with Crippen molar-refractivity contribution in [1.29, 1.82) is 0 Å². The predicted octanol–water partition coefficient (Wildman–Crippen LogP) is 7.94. The van der Waals surface area contributed by atoms with Crippen LogP contribution in [0.2, 0.25) is 0 Å². The smallest absolute Gasteiger partial charge is 0.251 e. The molecule has 0 aliphatic rings. The zero-order valence-electron chi connectivity index (χ0n) is 21.4. The lowest BCUT2D eigenvalue weighted by atomic mass is 9.92. The third kappa shape index (κ3) is 5.20.